The number of rotatable bonds is 4. The molecule has 2 bridgehead atoms. The van der Waals surface area contributed by atoms with Gasteiger partial charge in [0.15, 0.2) is 0 Å². The first-order valence-electron chi connectivity index (χ1n) is 8.36. The van der Waals surface area contributed by atoms with Gasteiger partial charge in [-0.15, -0.1) is 0 Å². The van der Waals surface area contributed by atoms with E-state index in [1.54, 1.807) is 6.20 Å². The Morgan fingerprint density at radius 3 is 2.70 bits per heavy atom. The standard InChI is InChI=1S/C17H23N3O3/c1-2-20-10-14(5-6-15(20)21)19-17(23)16(22)18-9-13-8-11-3-4-12(13)7-11/h5-6,10-13H,2-4,7-9H2,1H3,(H,18,22)(H,19,23)/t11-,12-,13-/m0/s1. The molecule has 6 heteroatoms. The van der Waals surface area contributed by atoms with E-state index in [1.807, 2.05) is 6.92 Å². The lowest BCUT2D eigenvalue weighted by Crippen LogP contribution is -2.39. The molecule has 2 amide bonds. The first-order valence-corrected chi connectivity index (χ1v) is 8.36. The van der Waals surface area contributed by atoms with Crippen molar-refractivity contribution in [2.24, 2.45) is 17.8 Å². The van der Waals surface area contributed by atoms with E-state index in [2.05, 4.69) is 10.6 Å². The van der Waals surface area contributed by atoms with Crippen LogP contribution in [0.2, 0.25) is 0 Å². The van der Waals surface area contributed by atoms with E-state index in [1.165, 1.54) is 42.4 Å². The number of aromatic nitrogens is 1. The lowest BCUT2D eigenvalue weighted by Gasteiger charge is -2.21. The second-order valence-electron chi connectivity index (χ2n) is 6.64. The van der Waals surface area contributed by atoms with Crippen molar-refractivity contribution in [3.63, 3.8) is 0 Å². The number of anilines is 1. The van der Waals surface area contributed by atoms with Gasteiger partial charge >= 0.3 is 11.8 Å². The molecule has 1 aromatic heterocycles. The maximum atomic E-state index is 12.0. The van der Waals surface area contributed by atoms with Crippen molar-refractivity contribution in [2.45, 2.75) is 39.2 Å². The molecule has 0 aromatic carbocycles. The molecule has 0 radical (unpaired) electrons. The summed E-state index contributed by atoms with van der Waals surface area (Å²) in [5.74, 6) is 0.770. The Labute approximate surface area is 135 Å². The van der Waals surface area contributed by atoms with Gasteiger partial charge in [-0.2, -0.15) is 0 Å². The summed E-state index contributed by atoms with van der Waals surface area (Å²) in [5, 5.41) is 5.29. The quantitative estimate of drug-likeness (QED) is 0.823. The van der Waals surface area contributed by atoms with Gasteiger partial charge in [-0.1, -0.05) is 6.42 Å². The Morgan fingerprint density at radius 2 is 2.04 bits per heavy atom. The average Bonchev–Trinajstić information content (AvgIpc) is 3.17. The number of fused-ring (bicyclic) bond motifs is 2. The second-order valence-corrected chi connectivity index (χ2v) is 6.64. The van der Waals surface area contributed by atoms with E-state index in [9.17, 15) is 14.4 Å². The molecule has 0 spiro atoms. The van der Waals surface area contributed by atoms with E-state index in [4.69, 9.17) is 0 Å². The number of hydrogen-bond acceptors (Lipinski definition) is 3. The molecule has 3 atom stereocenters. The van der Waals surface area contributed by atoms with Crippen LogP contribution in [0.5, 0.6) is 0 Å². The van der Waals surface area contributed by atoms with Crippen LogP contribution in [0.4, 0.5) is 5.69 Å². The first-order chi connectivity index (χ1) is 11.1. The summed E-state index contributed by atoms with van der Waals surface area (Å²) in [6.07, 6.45) is 6.58. The van der Waals surface area contributed by atoms with Gasteiger partial charge in [-0.3, -0.25) is 14.4 Å². The maximum absolute atomic E-state index is 12.0. The van der Waals surface area contributed by atoms with Crippen LogP contribution >= 0.6 is 0 Å². The van der Waals surface area contributed by atoms with Crippen molar-refractivity contribution in [1.29, 1.82) is 0 Å². The number of nitrogens with zero attached hydrogens (tertiary/aromatic N) is 1. The summed E-state index contributed by atoms with van der Waals surface area (Å²) in [5.41, 5.74) is 0.317. The van der Waals surface area contributed by atoms with Gasteiger partial charge in [-0.25, -0.2) is 0 Å². The number of carbonyl (C=O) groups excluding carboxylic acids is 2. The fourth-order valence-electron chi connectivity index (χ4n) is 3.97. The number of amides is 2. The summed E-state index contributed by atoms with van der Waals surface area (Å²) in [6.45, 7) is 2.94. The van der Waals surface area contributed by atoms with Crippen LogP contribution in [-0.4, -0.2) is 22.9 Å². The highest BCUT2D eigenvalue weighted by Gasteiger charge is 2.39. The number of pyridine rings is 1. The molecule has 2 saturated carbocycles. The maximum Gasteiger partial charge on any atom is 0.313 e. The van der Waals surface area contributed by atoms with Crippen molar-refractivity contribution >= 4 is 17.5 Å². The number of aryl methyl sites for hydroxylation is 1. The van der Waals surface area contributed by atoms with Crippen molar-refractivity contribution in [3.05, 3.63) is 28.7 Å². The Bertz CT molecular complexity index is 667. The van der Waals surface area contributed by atoms with Crippen LogP contribution in [-0.2, 0) is 16.1 Å². The van der Waals surface area contributed by atoms with Crippen LogP contribution in [0.1, 0.15) is 32.6 Å². The topological polar surface area (TPSA) is 80.2 Å². The molecule has 2 fully saturated rings. The molecule has 2 aliphatic rings. The number of carbonyl (C=O) groups is 2. The molecule has 1 heterocycles. The molecule has 0 saturated heterocycles. The van der Waals surface area contributed by atoms with E-state index in [0.29, 0.717) is 24.7 Å². The zero-order valence-corrected chi connectivity index (χ0v) is 13.4. The monoisotopic (exact) mass is 317 g/mol. The Hall–Kier alpha value is -2.11. The lowest BCUT2D eigenvalue weighted by molar-refractivity contribution is -0.136. The molecule has 3 rings (SSSR count). The third-order valence-electron chi connectivity index (χ3n) is 5.20. The van der Waals surface area contributed by atoms with Gasteiger partial charge in [0.25, 0.3) is 5.56 Å². The van der Waals surface area contributed by atoms with Crippen LogP contribution in [0.3, 0.4) is 0 Å². The lowest BCUT2D eigenvalue weighted by atomic mass is 9.89. The minimum Gasteiger partial charge on any atom is -0.348 e. The van der Waals surface area contributed by atoms with E-state index in [0.717, 1.165) is 11.8 Å². The summed E-state index contributed by atoms with van der Waals surface area (Å²) in [6, 6.07) is 2.89. The smallest absolute Gasteiger partial charge is 0.313 e. The molecular weight excluding hydrogens is 294 g/mol. The number of hydrogen-bond donors (Lipinski definition) is 2. The summed E-state index contributed by atoms with van der Waals surface area (Å²) < 4.78 is 1.47. The normalized spacial score (nSPS) is 25.3. The van der Waals surface area contributed by atoms with Crippen molar-refractivity contribution in [3.8, 4) is 0 Å². The zero-order valence-electron chi connectivity index (χ0n) is 13.4. The fraction of sp³-hybridized carbons (Fsp3) is 0.588. The van der Waals surface area contributed by atoms with E-state index < -0.39 is 11.8 Å². The van der Waals surface area contributed by atoms with Crippen LogP contribution < -0.4 is 16.2 Å². The van der Waals surface area contributed by atoms with E-state index >= 15 is 0 Å². The van der Waals surface area contributed by atoms with Gasteiger partial charge in [0, 0.05) is 25.4 Å². The zero-order chi connectivity index (χ0) is 16.4. The largest absolute Gasteiger partial charge is 0.348 e. The molecule has 1 aromatic rings. The Balaban J connectivity index is 1.51. The summed E-state index contributed by atoms with van der Waals surface area (Å²) >= 11 is 0. The summed E-state index contributed by atoms with van der Waals surface area (Å²) in [4.78, 5) is 35.4. The predicted octanol–water partition coefficient (Wildman–Crippen LogP) is 1.36. The highest BCUT2D eigenvalue weighted by atomic mass is 16.2. The van der Waals surface area contributed by atoms with Gasteiger partial charge < -0.3 is 15.2 Å². The molecule has 0 aliphatic heterocycles. The van der Waals surface area contributed by atoms with Crippen molar-refractivity contribution < 1.29 is 9.59 Å². The van der Waals surface area contributed by atoms with Gasteiger partial charge in [0.1, 0.15) is 0 Å². The molecule has 0 unspecified atom stereocenters. The molecule has 124 valence electrons. The van der Waals surface area contributed by atoms with Crippen LogP contribution in [0.25, 0.3) is 0 Å². The van der Waals surface area contributed by atoms with E-state index in [-0.39, 0.29) is 5.56 Å². The number of nitrogens with one attached hydrogen (secondary N) is 2. The molecule has 2 N–H and O–H groups in total. The van der Waals surface area contributed by atoms with Gasteiger partial charge in [0.2, 0.25) is 0 Å². The second kappa shape index (κ2) is 6.56. The third kappa shape index (κ3) is 3.46. The Morgan fingerprint density at radius 1 is 1.22 bits per heavy atom. The van der Waals surface area contributed by atoms with Crippen molar-refractivity contribution in [1.82, 2.24) is 9.88 Å². The SMILES string of the molecule is CCn1cc(NC(=O)C(=O)NC[C@@H]2C[C@H]3CC[C@H]2C3)ccc1=O. The molecular formula is C17H23N3O3. The van der Waals surface area contributed by atoms with Crippen LogP contribution in [0.15, 0.2) is 23.1 Å². The predicted molar refractivity (Wildman–Crippen MR) is 87.0 cm³/mol. The molecule has 2 aliphatic carbocycles. The molecule has 6 nitrogen and oxygen atoms in total. The van der Waals surface area contributed by atoms with Crippen molar-refractivity contribution in [2.75, 3.05) is 11.9 Å². The van der Waals surface area contributed by atoms with Crippen LogP contribution in [0, 0.1) is 17.8 Å². The average molecular weight is 317 g/mol. The minimum atomic E-state index is -0.686. The highest BCUT2D eigenvalue weighted by Crippen LogP contribution is 2.47. The summed E-state index contributed by atoms with van der Waals surface area (Å²) in [7, 11) is 0. The fourth-order valence-corrected chi connectivity index (χ4v) is 3.97. The Kier molecular flexibility index (Phi) is 4.50. The van der Waals surface area contributed by atoms with Gasteiger partial charge in [-0.05, 0) is 50.0 Å². The highest BCUT2D eigenvalue weighted by molar-refractivity contribution is 6.39. The third-order valence-corrected chi connectivity index (χ3v) is 5.20. The first kappa shape index (κ1) is 15.8. The molecule has 23 heavy (non-hydrogen) atoms. The minimum absolute atomic E-state index is 0.133. The van der Waals surface area contributed by atoms with Gasteiger partial charge in [0.05, 0.1) is 5.69 Å².